The van der Waals surface area contributed by atoms with Gasteiger partial charge < -0.3 is 14.2 Å². The fourth-order valence-corrected chi connectivity index (χ4v) is 2.43. The van der Waals surface area contributed by atoms with Crippen LogP contribution in [0.15, 0.2) is 24.4 Å². The summed E-state index contributed by atoms with van der Waals surface area (Å²) in [7, 11) is 0. The Morgan fingerprint density at radius 3 is 2.29 bits per heavy atom. The molecule has 1 heterocycles. The lowest BCUT2D eigenvalue weighted by atomic mass is 9.91. The first-order valence-corrected chi connectivity index (χ1v) is 8.72. The number of hydrogen-bond acceptors (Lipinski definition) is 4. The zero-order valence-corrected chi connectivity index (χ0v) is 15.8. The van der Waals surface area contributed by atoms with Crippen molar-refractivity contribution in [3.8, 4) is 5.75 Å². The number of rotatable bonds is 6. The van der Waals surface area contributed by atoms with E-state index in [0.29, 0.717) is 12.7 Å². The predicted molar refractivity (Wildman–Crippen MR) is 97.3 cm³/mol. The van der Waals surface area contributed by atoms with Crippen molar-refractivity contribution in [3.05, 3.63) is 30.1 Å². The molecule has 1 fully saturated rings. The highest BCUT2D eigenvalue weighted by atomic mass is 16.5. The van der Waals surface area contributed by atoms with Crippen molar-refractivity contribution in [2.75, 3.05) is 6.61 Å². The van der Waals surface area contributed by atoms with Crippen LogP contribution >= 0.6 is 0 Å². The van der Waals surface area contributed by atoms with Gasteiger partial charge in [-0.2, -0.15) is 0 Å². The van der Waals surface area contributed by atoms with Gasteiger partial charge in [-0.05, 0) is 59.8 Å². The van der Waals surface area contributed by atoms with Crippen molar-refractivity contribution >= 4 is 6.08 Å². The Balaban J connectivity index is 1.72. The second kappa shape index (κ2) is 7.66. The standard InChI is InChI=1S/C20H31NO3/c1-19(2,3)22-11-7-8-15-9-10-16(14-21-15)23-17-12-18(13-17)24-20(4,5)6/h7-10,14,17-18H,11-13H2,1-6H3/b8-7+. The molecule has 0 unspecified atom stereocenters. The molecule has 0 radical (unpaired) electrons. The maximum Gasteiger partial charge on any atom is 0.138 e. The molecule has 0 N–H and O–H groups in total. The molecule has 1 aliphatic carbocycles. The number of pyridine rings is 1. The number of hydrogen-bond donors (Lipinski definition) is 0. The van der Waals surface area contributed by atoms with E-state index in [2.05, 4.69) is 25.8 Å². The normalized spacial score (nSPS) is 21.8. The Kier molecular flexibility index (Phi) is 6.05. The van der Waals surface area contributed by atoms with Crippen LogP contribution in [0.5, 0.6) is 5.75 Å². The molecule has 0 amide bonds. The highest BCUT2D eigenvalue weighted by molar-refractivity contribution is 5.45. The summed E-state index contributed by atoms with van der Waals surface area (Å²) in [6, 6.07) is 3.93. The molecule has 0 aromatic carbocycles. The first-order valence-electron chi connectivity index (χ1n) is 8.72. The van der Waals surface area contributed by atoms with Gasteiger partial charge in [-0.15, -0.1) is 0 Å². The first-order chi connectivity index (χ1) is 11.1. The summed E-state index contributed by atoms with van der Waals surface area (Å²) < 4.78 is 17.5. The summed E-state index contributed by atoms with van der Waals surface area (Å²) in [5, 5.41) is 0. The number of aromatic nitrogens is 1. The summed E-state index contributed by atoms with van der Waals surface area (Å²) in [6.07, 6.45) is 8.17. The largest absolute Gasteiger partial charge is 0.489 e. The van der Waals surface area contributed by atoms with Gasteiger partial charge in [-0.25, -0.2) is 0 Å². The highest BCUT2D eigenvalue weighted by Gasteiger charge is 2.34. The lowest BCUT2D eigenvalue weighted by Crippen LogP contribution is -2.43. The van der Waals surface area contributed by atoms with Crippen LogP contribution in [0.25, 0.3) is 6.08 Å². The fraction of sp³-hybridized carbons (Fsp3) is 0.650. The number of ether oxygens (including phenoxy) is 3. The van der Waals surface area contributed by atoms with Gasteiger partial charge in [-0.3, -0.25) is 4.98 Å². The Morgan fingerprint density at radius 2 is 1.75 bits per heavy atom. The molecule has 0 saturated heterocycles. The van der Waals surface area contributed by atoms with Gasteiger partial charge in [0.2, 0.25) is 0 Å². The Morgan fingerprint density at radius 1 is 1.04 bits per heavy atom. The lowest BCUT2D eigenvalue weighted by molar-refractivity contribution is -0.126. The van der Waals surface area contributed by atoms with Crippen LogP contribution in [0.4, 0.5) is 0 Å². The van der Waals surface area contributed by atoms with E-state index in [1.54, 1.807) is 6.20 Å². The predicted octanol–water partition coefficient (Wildman–Crippen LogP) is 4.63. The lowest BCUT2D eigenvalue weighted by Gasteiger charge is -2.39. The Bertz CT molecular complexity index is 531. The SMILES string of the molecule is CC(C)(C)OC/C=C/c1ccc(OC2CC(OC(C)(C)C)C2)cn1. The molecule has 0 bridgehead atoms. The van der Waals surface area contributed by atoms with Crippen LogP contribution in [0.1, 0.15) is 60.1 Å². The molecular weight excluding hydrogens is 302 g/mol. The maximum absolute atomic E-state index is 5.93. The van der Waals surface area contributed by atoms with Crippen molar-refractivity contribution in [1.82, 2.24) is 4.98 Å². The van der Waals surface area contributed by atoms with E-state index in [9.17, 15) is 0 Å². The van der Waals surface area contributed by atoms with E-state index >= 15 is 0 Å². The third kappa shape index (κ3) is 7.02. The van der Waals surface area contributed by atoms with Crippen molar-refractivity contribution in [2.45, 2.75) is 77.8 Å². The van der Waals surface area contributed by atoms with Gasteiger partial charge in [0.1, 0.15) is 11.9 Å². The molecule has 0 aliphatic heterocycles. The number of nitrogens with zero attached hydrogens (tertiary/aromatic N) is 1. The van der Waals surface area contributed by atoms with E-state index in [4.69, 9.17) is 14.2 Å². The van der Waals surface area contributed by atoms with E-state index in [1.165, 1.54) is 0 Å². The van der Waals surface area contributed by atoms with Crippen molar-refractivity contribution in [3.63, 3.8) is 0 Å². The molecule has 1 saturated carbocycles. The molecule has 0 spiro atoms. The second-order valence-electron chi connectivity index (χ2n) is 8.31. The molecule has 24 heavy (non-hydrogen) atoms. The van der Waals surface area contributed by atoms with E-state index in [1.807, 2.05) is 45.1 Å². The van der Waals surface area contributed by atoms with Gasteiger partial charge in [0.15, 0.2) is 0 Å². The highest BCUT2D eigenvalue weighted by Crippen LogP contribution is 2.31. The molecule has 4 heteroatoms. The Labute approximate surface area is 146 Å². The minimum atomic E-state index is -0.118. The molecule has 4 nitrogen and oxygen atoms in total. The minimum Gasteiger partial charge on any atom is -0.489 e. The van der Waals surface area contributed by atoms with Crippen LogP contribution < -0.4 is 4.74 Å². The van der Waals surface area contributed by atoms with E-state index < -0.39 is 0 Å². The van der Waals surface area contributed by atoms with Crippen LogP contribution in [-0.2, 0) is 9.47 Å². The summed E-state index contributed by atoms with van der Waals surface area (Å²) in [5.41, 5.74) is 0.705. The third-order valence-electron chi connectivity index (χ3n) is 3.53. The van der Waals surface area contributed by atoms with Gasteiger partial charge >= 0.3 is 0 Å². The minimum absolute atomic E-state index is 0.0815. The van der Waals surface area contributed by atoms with Crippen LogP contribution in [0.2, 0.25) is 0 Å². The van der Waals surface area contributed by atoms with Crippen LogP contribution in [0, 0.1) is 0 Å². The maximum atomic E-state index is 5.93. The Hall–Kier alpha value is -1.39. The van der Waals surface area contributed by atoms with Gasteiger partial charge in [0.05, 0.1) is 35.8 Å². The van der Waals surface area contributed by atoms with Crippen LogP contribution in [0.3, 0.4) is 0 Å². The average Bonchev–Trinajstić information content (AvgIpc) is 2.40. The van der Waals surface area contributed by atoms with Crippen molar-refractivity contribution in [2.24, 2.45) is 0 Å². The smallest absolute Gasteiger partial charge is 0.138 e. The van der Waals surface area contributed by atoms with E-state index in [0.717, 1.165) is 24.3 Å². The quantitative estimate of drug-likeness (QED) is 0.761. The summed E-state index contributed by atoms with van der Waals surface area (Å²) in [6.45, 7) is 13.0. The molecule has 134 valence electrons. The fourth-order valence-electron chi connectivity index (χ4n) is 2.43. The zero-order valence-electron chi connectivity index (χ0n) is 15.8. The summed E-state index contributed by atoms with van der Waals surface area (Å²) >= 11 is 0. The molecule has 1 aromatic rings. The van der Waals surface area contributed by atoms with Gasteiger partial charge in [0, 0.05) is 12.8 Å². The van der Waals surface area contributed by atoms with Crippen LogP contribution in [-0.4, -0.2) is 35.0 Å². The molecule has 0 atom stereocenters. The van der Waals surface area contributed by atoms with Crippen molar-refractivity contribution < 1.29 is 14.2 Å². The molecule has 1 aliphatic rings. The first kappa shape index (κ1) is 18.9. The van der Waals surface area contributed by atoms with Gasteiger partial charge in [0.25, 0.3) is 0 Å². The molecule has 1 aromatic heterocycles. The van der Waals surface area contributed by atoms with E-state index in [-0.39, 0.29) is 17.3 Å². The molecule has 2 rings (SSSR count). The topological polar surface area (TPSA) is 40.6 Å². The summed E-state index contributed by atoms with van der Waals surface area (Å²) in [5.74, 6) is 0.817. The summed E-state index contributed by atoms with van der Waals surface area (Å²) in [4.78, 5) is 4.40. The molecular formula is C20H31NO3. The van der Waals surface area contributed by atoms with Crippen molar-refractivity contribution in [1.29, 1.82) is 0 Å². The zero-order chi connectivity index (χ0) is 17.8. The average molecular weight is 333 g/mol. The third-order valence-corrected chi connectivity index (χ3v) is 3.53. The monoisotopic (exact) mass is 333 g/mol. The van der Waals surface area contributed by atoms with Gasteiger partial charge in [-0.1, -0.05) is 6.08 Å². The second-order valence-corrected chi connectivity index (χ2v) is 8.31.